The third-order valence-electron chi connectivity index (χ3n) is 1.16. The van der Waals surface area contributed by atoms with Crippen LogP contribution in [0.1, 0.15) is 20.3 Å². The van der Waals surface area contributed by atoms with E-state index in [1.54, 1.807) is 0 Å². The Hall–Kier alpha value is -0.0400. The first-order valence-corrected chi connectivity index (χ1v) is 2.74. The van der Waals surface area contributed by atoms with E-state index in [0.29, 0.717) is 5.92 Å². The molecule has 0 aromatic carbocycles. The van der Waals surface area contributed by atoms with Crippen molar-refractivity contribution in [2.45, 2.75) is 20.3 Å². The van der Waals surface area contributed by atoms with Crippen molar-refractivity contribution < 1.29 is 0 Å². The Labute approximate surface area is 46.1 Å². The summed E-state index contributed by atoms with van der Waals surface area (Å²) in [5.41, 5.74) is 0. The Kier molecular flexibility index (Phi) is 4.10. The largest absolute Gasteiger partial charge is 0.311 e. The highest BCUT2D eigenvalue weighted by atomic mass is 14.8. The topological polar surface area (TPSA) is 12.0 Å². The zero-order valence-electron chi connectivity index (χ0n) is 5.07. The number of hydrogen-bond acceptors (Lipinski definition) is 1. The molecule has 1 unspecified atom stereocenters. The van der Waals surface area contributed by atoms with Crippen molar-refractivity contribution >= 4 is 0 Å². The van der Waals surface area contributed by atoms with E-state index >= 15 is 0 Å². The molecule has 0 aliphatic heterocycles. The average molecular weight is 99.2 g/mol. The minimum absolute atomic E-state index is 0.713. The van der Waals surface area contributed by atoms with Gasteiger partial charge in [-0.3, -0.25) is 0 Å². The predicted octanol–water partition coefficient (Wildman–Crippen LogP) is 1.29. The van der Waals surface area contributed by atoms with Crippen molar-refractivity contribution in [2.75, 3.05) is 6.54 Å². The quantitative estimate of drug-likeness (QED) is 0.526. The second-order valence-electron chi connectivity index (χ2n) is 1.92. The first-order chi connectivity index (χ1) is 3.31. The minimum atomic E-state index is 0.713. The van der Waals surface area contributed by atoms with Crippen molar-refractivity contribution in [1.82, 2.24) is 5.32 Å². The third-order valence-corrected chi connectivity index (χ3v) is 1.16. The molecule has 2 radical (unpaired) electrons. The van der Waals surface area contributed by atoms with Crippen LogP contribution in [0.15, 0.2) is 0 Å². The zero-order chi connectivity index (χ0) is 5.70. The SMILES string of the molecule is [CH]NCC(C)CC. The van der Waals surface area contributed by atoms with Gasteiger partial charge in [0.2, 0.25) is 0 Å². The molecule has 1 atom stereocenters. The van der Waals surface area contributed by atoms with Gasteiger partial charge in [0.15, 0.2) is 0 Å². The average Bonchev–Trinajstić information content (AvgIpc) is 1.68. The van der Waals surface area contributed by atoms with E-state index in [1.165, 1.54) is 6.42 Å². The first-order valence-electron chi connectivity index (χ1n) is 2.74. The molecule has 0 fully saturated rings. The Morgan fingerprint density at radius 1 is 1.71 bits per heavy atom. The molecular formula is C6H13N. The van der Waals surface area contributed by atoms with Gasteiger partial charge in [-0.15, -0.1) is 0 Å². The maximum Gasteiger partial charge on any atom is 0.0407 e. The van der Waals surface area contributed by atoms with E-state index < -0.39 is 0 Å². The van der Waals surface area contributed by atoms with E-state index in [9.17, 15) is 0 Å². The van der Waals surface area contributed by atoms with Crippen LogP contribution in [0.4, 0.5) is 0 Å². The van der Waals surface area contributed by atoms with E-state index in [0.717, 1.165) is 6.54 Å². The van der Waals surface area contributed by atoms with Gasteiger partial charge in [-0.25, -0.2) is 0 Å². The fourth-order valence-corrected chi connectivity index (χ4v) is 0.346. The standard InChI is InChI=1S/C6H13N/c1-4-6(2)5-7-3/h3,6-7H,4-5H2,1-2H3. The predicted molar refractivity (Wildman–Crippen MR) is 31.8 cm³/mol. The highest BCUT2D eigenvalue weighted by Crippen LogP contribution is 1.95. The smallest absolute Gasteiger partial charge is 0.0407 e. The van der Waals surface area contributed by atoms with E-state index in [2.05, 4.69) is 19.2 Å². The van der Waals surface area contributed by atoms with Crippen LogP contribution in [0.5, 0.6) is 0 Å². The second kappa shape index (κ2) is 4.13. The lowest BCUT2D eigenvalue weighted by Crippen LogP contribution is -2.12. The fourth-order valence-electron chi connectivity index (χ4n) is 0.346. The van der Waals surface area contributed by atoms with E-state index in [4.69, 9.17) is 7.05 Å². The van der Waals surface area contributed by atoms with Crippen LogP contribution in [-0.2, 0) is 0 Å². The molecule has 1 heteroatoms. The Bertz CT molecular complexity index is 35.2. The van der Waals surface area contributed by atoms with Gasteiger partial charge < -0.3 is 5.32 Å². The van der Waals surface area contributed by atoms with Crippen molar-refractivity contribution in [2.24, 2.45) is 5.92 Å². The van der Waals surface area contributed by atoms with Gasteiger partial charge in [0.25, 0.3) is 0 Å². The van der Waals surface area contributed by atoms with Crippen LogP contribution in [0.2, 0.25) is 0 Å². The minimum Gasteiger partial charge on any atom is -0.311 e. The highest BCUT2D eigenvalue weighted by Gasteiger charge is 1.92. The zero-order valence-corrected chi connectivity index (χ0v) is 5.07. The number of rotatable bonds is 3. The summed E-state index contributed by atoms with van der Waals surface area (Å²) in [7, 11) is 5.06. The number of nitrogens with one attached hydrogen (secondary N) is 1. The van der Waals surface area contributed by atoms with Crippen LogP contribution in [0.25, 0.3) is 0 Å². The summed E-state index contributed by atoms with van der Waals surface area (Å²) in [5, 5.41) is 2.62. The molecule has 0 rings (SSSR count). The molecule has 0 spiro atoms. The Morgan fingerprint density at radius 3 is 2.43 bits per heavy atom. The molecule has 1 nitrogen and oxygen atoms in total. The summed E-state index contributed by atoms with van der Waals surface area (Å²) < 4.78 is 0. The van der Waals surface area contributed by atoms with Gasteiger partial charge in [-0.05, 0) is 12.5 Å². The summed E-state index contributed by atoms with van der Waals surface area (Å²) >= 11 is 0. The monoisotopic (exact) mass is 99.1 g/mol. The van der Waals surface area contributed by atoms with Crippen molar-refractivity contribution in [3.05, 3.63) is 7.05 Å². The molecule has 7 heavy (non-hydrogen) atoms. The molecule has 0 aromatic rings. The summed E-state index contributed by atoms with van der Waals surface area (Å²) in [6.45, 7) is 5.25. The molecule has 0 heterocycles. The molecule has 0 aliphatic rings. The molecule has 0 saturated carbocycles. The van der Waals surface area contributed by atoms with Gasteiger partial charge in [0.1, 0.15) is 0 Å². The van der Waals surface area contributed by atoms with Crippen LogP contribution in [-0.4, -0.2) is 6.54 Å². The van der Waals surface area contributed by atoms with Gasteiger partial charge in [-0.2, -0.15) is 0 Å². The summed E-state index contributed by atoms with van der Waals surface area (Å²) in [6, 6.07) is 0. The van der Waals surface area contributed by atoms with Crippen LogP contribution in [0.3, 0.4) is 0 Å². The molecule has 0 aliphatic carbocycles. The lowest BCUT2D eigenvalue weighted by Gasteiger charge is -2.03. The molecule has 0 amide bonds. The lowest BCUT2D eigenvalue weighted by molar-refractivity contribution is 0.538. The Morgan fingerprint density at radius 2 is 2.29 bits per heavy atom. The van der Waals surface area contributed by atoms with Crippen molar-refractivity contribution in [1.29, 1.82) is 0 Å². The maximum absolute atomic E-state index is 5.06. The van der Waals surface area contributed by atoms with Crippen LogP contribution < -0.4 is 5.32 Å². The van der Waals surface area contributed by atoms with Crippen LogP contribution >= 0.6 is 0 Å². The molecular weight excluding hydrogens is 86.1 g/mol. The van der Waals surface area contributed by atoms with Gasteiger partial charge >= 0.3 is 0 Å². The lowest BCUT2D eigenvalue weighted by atomic mass is 10.1. The molecule has 0 saturated heterocycles. The van der Waals surface area contributed by atoms with E-state index in [1.807, 2.05) is 0 Å². The third kappa shape index (κ3) is 3.80. The summed E-state index contributed by atoms with van der Waals surface area (Å²) in [4.78, 5) is 0. The molecule has 0 aromatic heterocycles. The van der Waals surface area contributed by atoms with Gasteiger partial charge in [0.05, 0.1) is 0 Å². The normalized spacial score (nSPS) is 14.1. The summed E-state index contributed by atoms with van der Waals surface area (Å²) in [5.74, 6) is 0.713. The number of hydrogen-bond donors (Lipinski definition) is 1. The fraction of sp³-hybridized carbons (Fsp3) is 0.833. The van der Waals surface area contributed by atoms with E-state index in [-0.39, 0.29) is 0 Å². The molecule has 0 bridgehead atoms. The Balaban J connectivity index is 2.83. The molecule has 42 valence electrons. The maximum atomic E-state index is 5.06. The summed E-state index contributed by atoms with van der Waals surface area (Å²) in [6.07, 6.45) is 1.20. The molecule has 1 N–H and O–H groups in total. The highest BCUT2D eigenvalue weighted by molar-refractivity contribution is 4.51. The van der Waals surface area contributed by atoms with Crippen LogP contribution in [0, 0.1) is 13.0 Å². The van der Waals surface area contributed by atoms with Gasteiger partial charge in [-0.1, -0.05) is 20.3 Å². The van der Waals surface area contributed by atoms with Gasteiger partial charge in [0, 0.05) is 7.05 Å². The first kappa shape index (κ1) is 6.96. The van der Waals surface area contributed by atoms with Crippen molar-refractivity contribution in [3.63, 3.8) is 0 Å². The second-order valence-corrected chi connectivity index (χ2v) is 1.92. The van der Waals surface area contributed by atoms with Crippen molar-refractivity contribution in [3.8, 4) is 0 Å².